The highest BCUT2D eigenvalue weighted by molar-refractivity contribution is 5.63. The van der Waals surface area contributed by atoms with E-state index in [1.165, 1.54) is 12.3 Å². The van der Waals surface area contributed by atoms with E-state index >= 15 is 0 Å². The lowest BCUT2D eigenvalue weighted by molar-refractivity contribution is -0.142. The van der Waals surface area contributed by atoms with E-state index in [1.54, 1.807) is 6.07 Å². The summed E-state index contributed by atoms with van der Waals surface area (Å²) < 4.78 is 50.5. The molecular formula is C12H7F4N3. The molecule has 98 valence electrons. The van der Waals surface area contributed by atoms with Gasteiger partial charge in [-0.1, -0.05) is 0 Å². The van der Waals surface area contributed by atoms with Crippen LogP contribution in [0, 0.1) is 17.1 Å². The first-order valence-corrected chi connectivity index (χ1v) is 5.18. The van der Waals surface area contributed by atoms with Gasteiger partial charge >= 0.3 is 6.18 Å². The number of halogens is 4. The van der Waals surface area contributed by atoms with Crippen LogP contribution in [-0.2, 0) is 6.54 Å². The van der Waals surface area contributed by atoms with Crippen molar-refractivity contribution in [3.63, 3.8) is 0 Å². The molecule has 0 radical (unpaired) electrons. The van der Waals surface area contributed by atoms with Gasteiger partial charge in [0.1, 0.15) is 12.4 Å². The summed E-state index contributed by atoms with van der Waals surface area (Å²) in [5.41, 5.74) is 0.726. The standard InChI is InChI=1S/C12H7F4N3/c13-11-2-8(4-17)1-9(3-11)10-5-18-19(6-10)7-12(14,15)16/h1-3,5-6H,7H2. The number of alkyl halides is 3. The van der Waals surface area contributed by atoms with Crippen LogP contribution < -0.4 is 0 Å². The molecule has 2 rings (SSSR count). The van der Waals surface area contributed by atoms with Crippen LogP contribution >= 0.6 is 0 Å². The Labute approximate surface area is 105 Å². The molecule has 0 bridgehead atoms. The van der Waals surface area contributed by atoms with Gasteiger partial charge in [-0.3, -0.25) is 4.68 Å². The molecule has 0 aliphatic heterocycles. The van der Waals surface area contributed by atoms with Crippen LogP contribution in [0.25, 0.3) is 11.1 Å². The van der Waals surface area contributed by atoms with Crippen molar-refractivity contribution < 1.29 is 17.6 Å². The molecule has 1 aromatic heterocycles. The van der Waals surface area contributed by atoms with Crippen LogP contribution in [0.5, 0.6) is 0 Å². The van der Waals surface area contributed by atoms with Crippen LogP contribution in [0.4, 0.5) is 17.6 Å². The molecule has 0 saturated heterocycles. The summed E-state index contributed by atoms with van der Waals surface area (Å²) in [6.45, 7) is -1.21. The summed E-state index contributed by atoms with van der Waals surface area (Å²) >= 11 is 0. The number of benzene rings is 1. The third kappa shape index (κ3) is 3.31. The first-order chi connectivity index (χ1) is 8.87. The molecule has 7 heteroatoms. The van der Waals surface area contributed by atoms with Crippen LogP contribution in [-0.4, -0.2) is 16.0 Å². The molecule has 0 saturated carbocycles. The number of rotatable bonds is 2. The molecule has 1 heterocycles. The van der Waals surface area contributed by atoms with Gasteiger partial charge < -0.3 is 0 Å². The number of hydrogen-bond acceptors (Lipinski definition) is 2. The third-order valence-electron chi connectivity index (χ3n) is 2.33. The maximum absolute atomic E-state index is 13.2. The van der Waals surface area contributed by atoms with E-state index < -0.39 is 18.5 Å². The van der Waals surface area contributed by atoms with Crippen LogP contribution in [0.3, 0.4) is 0 Å². The zero-order chi connectivity index (χ0) is 14.0. The summed E-state index contributed by atoms with van der Waals surface area (Å²) in [7, 11) is 0. The molecule has 0 atom stereocenters. The quantitative estimate of drug-likeness (QED) is 0.786. The van der Waals surface area contributed by atoms with Gasteiger partial charge in [0.25, 0.3) is 0 Å². The van der Waals surface area contributed by atoms with Crippen molar-refractivity contribution >= 4 is 0 Å². The summed E-state index contributed by atoms with van der Waals surface area (Å²) in [4.78, 5) is 0. The smallest absolute Gasteiger partial charge is 0.263 e. The lowest BCUT2D eigenvalue weighted by Gasteiger charge is -2.05. The van der Waals surface area contributed by atoms with E-state index in [2.05, 4.69) is 5.10 Å². The summed E-state index contributed by atoms with van der Waals surface area (Å²) in [6, 6.07) is 5.34. The van der Waals surface area contributed by atoms with Crippen molar-refractivity contribution in [1.29, 1.82) is 5.26 Å². The maximum atomic E-state index is 13.2. The minimum atomic E-state index is -4.37. The van der Waals surface area contributed by atoms with Gasteiger partial charge in [0.05, 0.1) is 17.8 Å². The van der Waals surface area contributed by atoms with Gasteiger partial charge in [-0.05, 0) is 23.8 Å². The lowest BCUT2D eigenvalue weighted by Crippen LogP contribution is -2.17. The maximum Gasteiger partial charge on any atom is 0.408 e. The van der Waals surface area contributed by atoms with E-state index in [-0.39, 0.29) is 5.56 Å². The topological polar surface area (TPSA) is 41.6 Å². The zero-order valence-corrected chi connectivity index (χ0v) is 9.45. The van der Waals surface area contributed by atoms with Crippen molar-refractivity contribution in [3.05, 3.63) is 42.0 Å². The fraction of sp³-hybridized carbons (Fsp3) is 0.167. The normalized spacial score (nSPS) is 11.3. The Morgan fingerprint density at radius 3 is 2.58 bits per heavy atom. The molecule has 2 aromatic rings. The summed E-state index contributed by atoms with van der Waals surface area (Å²) in [6.07, 6.45) is -2.02. The Morgan fingerprint density at radius 2 is 1.95 bits per heavy atom. The van der Waals surface area contributed by atoms with Crippen LogP contribution in [0.15, 0.2) is 30.6 Å². The second kappa shape index (κ2) is 4.72. The summed E-state index contributed by atoms with van der Waals surface area (Å²) in [5, 5.41) is 12.3. The molecule has 0 N–H and O–H groups in total. The van der Waals surface area contributed by atoms with Crippen molar-refractivity contribution in [1.82, 2.24) is 9.78 Å². The van der Waals surface area contributed by atoms with Gasteiger partial charge in [-0.25, -0.2) is 4.39 Å². The van der Waals surface area contributed by atoms with Gasteiger partial charge in [-0.2, -0.15) is 23.5 Å². The third-order valence-corrected chi connectivity index (χ3v) is 2.33. The van der Waals surface area contributed by atoms with Crippen molar-refractivity contribution in [2.24, 2.45) is 0 Å². The summed E-state index contributed by atoms with van der Waals surface area (Å²) in [5.74, 6) is -0.627. The number of aromatic nitrogens is 2. The molecule has 19 heavy (non-hydrogen) atoms. The second-order valence-corrected chi connectivity index (χ2v) is 3.88. The van der Waals surface area contributed by atoms with Crippen LogP contribution in [0.1, 0.15) is 5.56 Å². The molecule has 0 aliphatic carbocycles. The highest BCUT2D eigenvalue weighted by Crippen LogP contribution is 2.23. The molecule has 0 fully saturated rings. The van der Waals surface area contributed by atoms with Gasteiger partial charge in [0, 0.05) is 11.8 Å². The Morgan fingerprint density at radius 1 is 1.21 bits per heavy atom. The first kappa shape index (κ1) is 13.1. The number of nitriles is 1. The van der Waals surface area contributed by atoms with E-state index in [0.29, 0.717) is 15.8 Å². The molecule has 0 amide bonds. The number of nitrogens with zero attached hydrogens (tertiary/aromatic N) is 3. The minimum absolute atomic E-state index is 0.0959. The second-order valence-electron chi connectivity index (χ2n) is 3.88. The Bertz CT molecular complexity index is 637. The Kier molecular flexibility index (Phi) is 3.25. The number of hydrogen-bond donors (Lipinski definition) is 0. The van der Waals surface area contributed by atoms with Crippen molar-refractivity contribution in [2.75, 3.05) is 0 Å². The van der Waals surface area contributed by atoms with Gasteiger partial charge in [0.15, 0.2) is 0 Å². The van der Waals surface area contributed by atoms with Gasteiger partial charge in [0.2, 0.25) is 0 Å². The fourth-order valence-electron chi connectivity index (χ4n) is 1.60. The molecule has 1 aromatic carbocycles. The molecule has 3 nitrogen and oxygen atoms in total. The average molecular weight is 269 g/mol. The SMILES string of the molecule is N#Cc1cc(F)cc(-c2cnn(CC(F)(F)F)c2)c1. The monoisotopic (exact) mass is 269 g/mol. The van der Waals surface area contributed by atoms with Crippen LogP contribution in [0.2, 0.25) is 0 Å². The zero-order valence-electron chi connectivity index (χ0n) is 9.45. The molecule has 0 aliphatic rings. The fourth-order valence-corrected chi connectivity index (χ4v) is 1.60. The van der Waals surface area contributed by atoms with E-state index in [1.807, 2.05) is 0 Å². The van der Waals surface area contributed by atoms with Crippen molar-refractivity contribution in [2.45, 2.75) is 12.7 Å². The predicted molar refractivity (Wildman–Crippen MR) is 58.4 cm³/mol. The highest BCUT2D eigenvalue weighted by atomic mass is 19.4. The Hall–Kier alpha value is -2.36. The largest absolute Gasteiger partial charge is 0.408 e. The average Bonchev–Trinajstić information content (AvgIpc) is 2.74. The molecule has 0 spiro atoms. The molecule has 0 unspecified atom stereocenters. The minimum Gasteiger partial charge on any atom is -0.263 e. The van der Waals surface area contributed by atoms with E-state index in [9.17, 15) is 17.6 Å². The van der Waals surface area contributed by atoms with Gasteiger partial charge in [-0.15, -0.1) is 0 Å². The van der Waals surface area contributed by atoms with E-state index in [0.717, 1.165) is 18.3 Å². The highest BCUT2D eigenvalue weighted by Gasteiger charge is 2.28. The lowest BCUT2D eigenvalue weighted by atomic mass is 10.1. The molecular weight excluding hydrogens is 262 g/mol. The predicted octanol–water partition coefficient (Wildman–Crippen LogP) is 3.12. The van der Waals surface area contributed by atoms with E-state index in [4.69, 9.17) is 5.26 Å². The first-order valence-electron chi connectivity index (χ1n) is 5.18. The Balaban J connectivity index is 2.33. The van der Waals surface area contributed by atoms with Crippen molar-refractivity contribution in [3.8, 4) is 17.2 Å².